The molecule has 38 heavy (non-hydrogen) atoms. The monoisotopic (exact) mass is 506 g/mol. The van der Waals surface area contributed by atoms with Gasteiger partial charge in [0.15, 0.2) is 5.60 Å². The number of benzene rings is 4. The quantitative estimate of drug-likeness (QED) is 0.234. The summed E-state index contributed by atoms with van der Waals surface area (Å²) in [4.78, 5) is 15.9. The number of para-hydroxylation sites is 3. The van der Waals surface area contributed by atoms with Gasteiger partial charge in [0, 0.05) is 47.5 Å². The number of fused-ring (bicyclic) bond motifs is 6. The maximum absolute atomic E-state index is 13.7. The van der Waals surface area contributed by atoms with E-state index in [-0.39, 0.29) is 0 Å². The molecule has 0 atom stereocenters. The third-order valence-corrected chi connectivity index (χ3v) is 7.50. The molecule has 0 radical (unpaired) electrons. The van der Waals surface area contributed by atoms with Gasteiger partial charge in [0.05, 0.1) is 17.9 Å². The highest BCUT2D eigenvalue weighted by Gasteiger charge is 2.54. The maximum Gasteiger partial charge on any atom is 0.342 e. The molecule has 0 aliphatic carbocycles. The third kappa shape index (κ3) is 3.59. The van der Waals surface area contributed by atoms with E-state index >= 15 is 0 Å². The van der Waals surface area contributed by atoms with Gasteiger partial charge in [-0.3, -0.25) is 0 Å². The highest BCUT2D eigenvalue weighted by molar-refractivity contribution is 6.04. The van der Waals surface area contributed by atoms with Crippen LogP contribution in [0.3, 0.4) is 0 Å². The minimum absolute atomic E-state index is 0.419. The molecule has 2 aliphatic rings. The molecule has 2 heterocycles. The Morgan fingerprint density at radius 2 is 1.45 bits per heavy atom. The van der Waals surface area contributed by atoms with Crippen molar-refractivity contribution in [3.8, 4) is 17.2 Å². The van der Waals surface area contributed by atoms with Gasteiger partial charge in [-0.25, -0.2) is 4.79 Å². The molecule has 0 saturated carbocycles. The Morgan fingerprint density at radius 3 is 2.08 bits per heavy atom. The molecule has 0 saturated heterocycles. The molecule has 0 bridgehead atoms. The zero-order chi connectivity index (χ0) is 26.3. The number of carbonyl (C=O) groups excluding carboxylic acids is 1. The fourth-order valence-electron chi connectivity index (χ4n) is 5.73. The van der Waals surface area contributed by atoms with E-state index in [2.05, 4.69) is 24.8 Å². The van der Waals surface area contributed by atoms with Crippen LogP contribution in [0.25, 0.3) is 0 Å². The average Bonchev–Trinajstić information content (AvgIpc) is 3.24. The van der Waals surface area contributed by atoms with Gasteiger partial charge in [-0.05, 0) is 44.2 Å². The summed E-state index contributed by atoms with van der Waals surface area (Å²) in [5, 5.41) is 0. The molecule has 0 amide bonds. The van der Waals surface area contributed by atoms with Gasteiger partial charge in [0.1, 0.15) is 17.2 Å². The molecule has 4 aromatic carbocycles. The Hall–Kier alpha value is -4.45. The van der Waals surface area contributed by atoms with Gasteiger partial charge < -0.3 is 24.8 Å². The topological polar surface area (TPSA) is 74.0 Å². The number of rotatable bonds is 7. The first-order chi connectivity index (χ1) is 18.6. The van der Waals surface area contributed by atoms with E-state index in [1.165, 1.54) is 0 Å². The largest absolute Gasteiger partial charge is 0.493 e. The Labute approximate surface area is 222 Å². The highest BCUT2D eigenvalue weighted by Crippen LogP contribution is 2.57. The van der Waals surface area contributed by atoms with E-state index in [4.69, 9.17) is 19.9 Å². The van der Waals surface area contributed by atoms with Crippen LogP contribution in [-0.4, -0.2) is 25.7 Å². The maximum atomic E-state index is 13.7. The lowest BCUT2D eigenvalue weighted by molar-refractivity contribution is 0.0225. The summed E-state index contributed by atoms with van der Waals surface area (Å²) in [5.74, 6) is 1.69. The number of esters is 1. The van der Waals surface area contributed by atoms with Gasteiger partial charge in [0.2, 0.25) is 0 Å². The fraction of sp³-hybridized carbons (Fsp3) is 0.219. The minimum Gasteiger partial charge on any atom is -0.493 e. The van der Waals surface area contributed by atoms with Crippen molar-refractivity contribution in [3.63, 3.8) is 0 Å². The molecule has 2 aliphatic heterocycles. The second kappa shape index (κ2) is 9.45. The lowest BCUT2D eigenvalue weighted by atomic mass is 9.76. The molecule has 6 nitrogen and oxygen atoms in total. The molecule has 192 valence electrons. The zero-order valence-corrected chi connectivity index (χ0v) is 21.6. The van der Waals surface area contributed by atoms with Crippen molar-refractivity contribution in [2.45, 2.75) is 25.9 Å². The average molecular weight is 507 g/mol. The second-order valence-corrected chi connectivity index (χ2v) is 9.46. The molecule has 0 fully saturated rings. The first kappa shape index (κ1) is 23.9. The lowest BCUT2D eigenvalue weighted by Gasteiger charge is -2.37. The van der Waals surface area contributed by atoms with Crippen molar-refractivity contribution < 1.29 is 19.0 Å². The van der Waals surface area contributed by atoms with Crippen LogP contribution < -0.4 is 20.1 Å². The second-order valence-electron chi connectivity index (χ2n) is 9.46. The summed E-state index contributed by atoms with van der Waals surface area (Å²) in [6.07, 6.45) is 0.552. The third-order valence-electron chi connectivity index (χ3n) is 7.50. The standard InChI is InChI=1S/C32H30N2O4/c1-3-34(4-2)26-20-25-29(30(33)22(26)18-19-36-21-12-6-5-7-13-21)31(35)38-32(25)23-14-8-10-16-27(23)37-28-17-11-9-15-24(28)32/h5-17,20H,3-4,18-19,33H2,1-2H3. The number of anilines is 2. The van der Waals surface area contributed by atoms with Crippen LogP contribution in [0.1, 0.15) is 46.5 Å². The highest BCUT2D eigenvalue weighted by atomic mass is 16.6. The van der Waals surface area contributed by atoms with E-state index in [1.54, 1.807) is 0 Å². The number of nitrogens with zero attached hydrogens (tertiary/aromatic N) is 1. The molecule has 0 aromatic heterocycles. The summed E-state index contributed by atoms with van der Waals surface area (Å²) in [5.41, 5.74) is 10.8. The van der Waals surface area contributed by atoms with Gasteiger partial charge in [0.25, 0.3) is 0 Å². The molecular weight excluding hydrogens is 476 g/mol. The van der Waals surface area contributed by atoms with Gasteiger partial charge >= 0.3 is 5.97 Å². The van der Waals surface area contributed by atoms with Crippen molar-refractivity contribution >= 4 is 17.3 Å². The summed E-state index contributed by atoms with van der Waals surface area (Å²) in [6.45, 7) is 6.25. The molecule has 1 spiro atoms. The van der Waals surface area contributed by atoms with E-state index < -0.39 is 11.6 Å². The molecule has 6 heteroatoms. The molecular formula is C32H30N2O4. The number of carbonyl (C=O) groups is 1. The van der Waals surface area contributed by atoms with Gasteiger partial charge in [-0.2, -0.15) is 0 Å². The van der Waals surface area contributed by atoms with Crippen molar-refractivity contribution in [1.29, 1.82) is 0 Å². The van der Waals surface area contributed by atoms with Crippen LogP contribution >= 0.6 is 0 Å². The molecule has 0 unspecified atom stereocenters. The number of ether oxygens (including phenoxy) is 3. The first-order valence-corrected chi connectivity index (χ1v) is 13.1. The number of nitrogen functional groups attached to an aromatic ring is 1. The number of hydrogen-bond acceptors (Lipinski definition) is 6. The molecule has 6 rings (SSSR count). The predicted molar refractivity (Wildman–Crippen MR) is 148 cm³/mol. The van der Waals surface area contributed by atoms with Crippen LogP contribution in [0.5, 0.6) is 17.2 Å². The van der Waals surface area contributed by atoms with Crippen LogP contribution in [0.2, 0.25) is 0 Å². The van der Waals surface area contributed by atoms with Crippen molar-refractivity contribution in [1.82, 2.24) is 0 Å². The van der Waals surface area contributed by atoms with E-state index in [1.807, 2.05) is 78.9 Å². The minimum atomic E-state index is -1.15. The van der Waals surface area contributed by atoms with Crippen LogP contribution in [0.15, 0.2) is 84.9 Å². The van der Waals surface area contributed by atoms with Crippen LogP contribution in [0, 0.1) is 0 Å². The van der Waals surface area contributed by atoms with E-state index in [0.717, 1.165) is 46.8 Å². The van der Waals surface area contributed by atoms with Gasteiger partial charge in [-0.1, -0.05) is 54.6 Å². The molecule has 4 aromatic rings. The Bertz CT molecular complexity index is 1470. The Morgan fingerprint density at radius 1 is 0.842 bits per heavy atom. The van der Waals surface area contributed by atoms with E-state index in [0.29, 0.717) is 35.8 Å². The SMILES string of the molecule is CCN(CC)c1cc2c(c(N)c1CCOc1ccccc1)C(=O)OC21c2ccccc2Oc2ccccc21. The Kier molecular flexibility index (Phi) is 5.95. The van der Waals surface area contributed by atoms with Crippen LogP contribution in [-0.2, 0) is 16.8 Å². The van der Waals surface area contributed by atoms with E-state index in [9.17, 15) is 4.79 Å². The first-order valence-electron chi connectivity index (χ1n) is 13.1. The fourth-order valence-corrected chi connectivity index (χ4v) is 5.73. The van der Waals surface area contributed by atoms with Crippen molar-refractivity contribution in [3.05, 3.63) is 113 Å². The zero-order valence-electron chi connectivity index (χ0n) is 21.6. The van der Waals surface area contributed by atoms with Crippen molar-refractivity contribution in [2.24, 2.45) is 0 Å². The summed E-state index contributed by atoms with van der Waals surface area (Å²) >= 11 is 0. The lowest BCUT2D eigenvalue weighted by Crippen LogP contribution is -2.33. The smallest absolute Gasteiger partial charge is 0.342 e. The molecule has 2 N–H and O–H groups in total. The van der Waals surface area contributed by atoms with Crippen LogP contribution in [0.4, 0.5) is 11.4 Å². The normalized spacial score (nSPS) is 14.2. The summed E-state index contributed by atoms with van der Waals surface area (Å²) in [7, 11) is 0. The summed E-state index contributed by atoms with van der Waals surface area (Å²) < 4.78 is 18.6. The number of nitrogens with two attached hydrogens (primary N) is 1. The Balaban J connectivity index is 1.54. The predicted octanol–water partition coefficient (Wildman–Crippen LogP) is 6.30. The summed E-state index contributed by atoms with van der Waals surface area (Å²) in [6, 6.07) is 27.2. The number of hydrogen-bond donors (Lipinski definition) is 1. The van der Waals surface area contributed by atoms with Crippen molar-refractivity contribution in [2.75, 3.05) is 30.3 Å². The van der Waals surface area contributed by atoms with Gasteiger partial charge in [-0.15, -0.1) is 0 Å².